The van der Waals surface area contributed by atoms with Gasteiger partial charge in [-0.2, -0.15) is 0 Å². The van der Waals surface area contributed by atoms with Crippen LogP contribution in [0.1, 0.15) is 73.4 Å². The smallest absolute Gasteiger partial charge is 0.251 e. The van der Waals surface area contributed by atoms with Gasteiger partial charge in [-0.15, -0.1) is 0 Å². The zero-order valence-electron chi connectivity index (χ0n) is 18.2. The Morgan fingerprint density at radius 3 is 2.43 bits per heavy atom. The minimum atomic E-state index is -0.355. The van der Waals surface area contributed by atoms with E-state index in [1.165, 1.54) is 31.7 Å². The molecular formula is C26H33FN2O. The number of hydrogen-bond donors (Lipinski definition) is 2. The number of unbranched alkanes of at least 4 members (excludes halogenated alkanes) is 4. The van der Waals surface area contributed by atoms with Gasteiger partial charge in [0, 0.05) is 23.8 Å². The first kappa shape index (κ1) is 22.1. The first-order chi connectivity index (χ1) is 14.5. The lowest BCUT2D eigenvalue weighted by Crippen LogP contribution is -2.25. The molecule has 0 aromatic heterocycles. The molecule has 3 nitrogen and oxygen atoms in total. The molecule has 2 aromatic carbocycles. The van der Waals surface area contributed by atoms with Crippen molar-refractivity contribution in [1.82, 2.24) is 10.6 Å². The highest BCUT2D eigenvalue weighted by Crippen LogP contribution is 2.28. The van der Waals surface area contributed by atoms with Gasteiger partial charge in [0.15, 0.2) is 0 Å². The Hall–Kier alpha value is -2.62. The number of nitrogens with one attached hydrogen (secondary N) is 2. The van der Waals surface area contributed by atoms with Crippen LogP contribution in [0.2, 0.25) is 0 Å². The Bertz CT molecular complexity index is 885. The van der Waals surface area contributed by atoms with Crippen LogP contribution < -0.4 is 10.6 Å². The van der Waals surface area contributed by atoms with Gasteiger partial charge in [-0.1, -0.05) is 63.5 Å². The van der Waals surface area contributed by atoms with Crippen molar-refractivity contribution >= 4 is 11.6 Å². The van der Waals surface area contributed by atoms with Crippen LogP contribution in [0.4, 0.5) is 4.39 Å². The van der Waals surface area contributed by atoms with Crippen molar-refractivity contribution in [3.8, 4) is 11.1 Å². The highest BCUT2D eigenvalue weighted by Gasteiger charge is 2.24. The van der Waals surface area contributed by atoms with Crippen molar-refractivity contribution in [3.63, 3.8) is 0 Å². The Balaban J connectivity index is 1.65. The third-order valence-corrected chi connectivity index (χ3v) is 5.68. The Morgan fingerprint density at radius 2 is 1.77 bits per heavy atom. The molecule has 0 spiro atoms. The summed E-state index contributed by atoms with van der Waals surface area (Å²) in [6.07, 6.45) is 8.23. The molecule has 0 atom stereocenters. The average Bonchev–Trinajstić information content (AvgIpc) is 3.56. The van der Waals surface area contributed by atoms with Crippen LogP contribution in [0.25, 0.3) is 16.8 Å². The molecule has 1 fully saturated rings. The summed E-state index contributed by atoms with van der Waals surface area (Å²) in [7, 11) is 0. The lowest BCUT2D eigenvalue weighted by atomic mass is 9.96. The fourth-order valence-electron chi connectivity index (χ4n) is 3.53. The molecule has 4 heteroatoms. The molecule has 0 saturated heterocycles. The summed E-state index contributed by atoms with van der Waals surface area (Å²) in [5.74, 6) is -0.558. The quantitative estimate of drug-likeness (QED) is 0.433. The summed E-state index contributed by atoms with van der Waals surface area (Å²) in [6.45, 7) is 9.03. The summed E-state index contributed by atoms with van der Waals surface area (Å²) in [4.78, 5) is 12.4. The molecule has 30 heavy (non-hydrogen) atoms. The second kappa shape index (κ2) is 10.4. The Kier molecular flexibility index (Phi) is 7.67. The molecule has 2 N–H and O–H groups in total. The number of carbonyl (C=O) groups excluding carboxylic acids is 1. The maximum Gasteiger partial charge on any atom is 0.251 e. The van der Waals surface area contributed by atoms with E-state index in [9.17, 15) is 9.18 Å². The maximum absolute atomic E-state index is 14.5. The van der Waals surface area contributed by atoms with Crippen molar-refractivity contribution < 1.29 is 9.18 Å². The standard InChI is InChI=1S/C26H33FN2O/c1-4-5-6-7-8-15-28-19(3)20-9-11-21(12-10-20)24-16-22(17-25(27)18(24)2)26(30)29-23-13-14-23/h9-12,16-17,23,28H,3-8,13-15H2,1-2H3,(H,29,30). The Labute approximate surface area is 179 Å². The molecule has 0 heterocycles. The van der Waals surface area contributed by atoms with Crippen molar-refractivity contribution in [2.45, 2.75) is 64.8 Å². The zero-order valence-corrected chi connectivity index (χ0v) is 18.2. The maximum atomic E-state index is 14.5. The van der Waals surface area contributed by atoms with Gasteiger partial charge in [-0.25, -0.2) is 4.39 Å². The summed E-state index contributed by atoms with van der Waals surface area (Å²) in [5.41, 5.74) is 4.49. The molecule has 1 aliphatic rings. The van der Waals surface area contributed by atoms with E-state index < -0.39 is 0 Å². The number of hydrogen-bond acceptors (Lipinski definition) is 2. The first-order valence-electron chi connectivity index (χ1n) is 11.1. The molecular weight excluding hydrogens is 375 g/mol. The first-order valence-corrected chi connectivity index (χ1v) is 11.1. The van der Waals surface area contributed by atoms with Crippen LogP contribution in [-0.4, -0.2) is 18.5 Å². The summed E-state index contributed by atoms with van der Waals surface area (Å²) in [5, 5.41) is 6.33. The predicted molar refractivity (Wildman–Crippen MR) is 123 cm³/mol. The van der Waals surface area contributed by atoms with Crippen LogP contribution in [0.3, 0.4) is 0 Å². The third-order valence-electron chi connectivity index (χ3n) is 5.68. The van der Waals surface area contributed by atoms with E-state index in [-0.39, 0.29) is 17.8 Å². The lowest BCUT2D eigenvalue weighted by molar-refractivity contribution is 0.0950. The number of carbonyl (C=O) groups is 1. The molecule has 0 aliphatic heterocycles. The van der Waals surface area contributed by atoms with Gasteiger partial charge < -0.3 is 10.6 Å². The zero-order chi connectivity index (χ0) is 21.5. The summed E-state index contributed by atoms with van der Waals surface area (Å²) in [6, 6.07) is 11.3. The molecule has 0 unspecified atom stereocenters. The van der Waals surface area contributed by atoms with E-state index in [0.717, 1.165) is 48.2 Å². The highest BCUT2D eigenvalue weighted by atomic mass is 19.1. The van der Waals surface area contributed by atoms with Gasteiger partial charge in [0.25, 0.3) is 5.91 Å². The molecule has 0 bridgehead atoms. The fraction of sp³-hybridized carbons (Fsp3) is 0.423. The van der Waals surface area contributed by atoms with Gasteiger partial charge >= 0.3 is 0 Å². The SMILES string of the molecule is C=C(NCCCCCCC)c1ccc(-c2cc(C(=O)NC3CC3)cc(F)c2C)cc1. The van der Waals surface area contributed by atoms with E-state index in [0.29, 0.717) is 11.1 Å². The van der Waals surface area contributed by atoms with Gasteiger partial charge in [0.1, 0.15) is 5.82 Å². The number of benzene rings is 2. The van der Waals surface area contributed by atoms with E-state index >= 15 is 0 Å². The topological polar surface area (TPSA) is 41.1 Å². The number of rotatable bonds is 11. The lowest BCUT2D eigenvalue weighted by Gasteiger charge is -2.13. The second-order valence-electron chi connectivity index (χ2n) is 8.28. The van der Waals surface area contributed by atoms with Crippen LogP contribution >= 0.6 is 0 Å². The van der Waals surface area contributed by atoms with Crippen LogP contribution in [-0.2, 0) is 0 Å². The number of halogens is 1. The van der Waals surface area contributed by atoms with Crippen molar-refractivity contribution in [1.29, 1.82) is 0 Å². The monoisotopic (exact) mass is 408 g/mol. The van der Waals surface area contributed by atoms with Gasteiger partial charge in [0.05, 0.1) is 0 Å². The summed E-state index contributed by atoms with van der Waals surface area (Å²) >= 11 is 0. The molecule has 0 radical (unpaired) electrons. The molecule has 2 aromatic rings. The minimum Gasteiger partial charge on any atom is -0.385 e. The molecule has 1 amide bonds. The normalized spacial score (nSPS) is 13.2. The summed E-state index contributed by atoms with van der Waals surface area (Å²) < 4.78 is 14.5. The molecule has 1 saturated carbocycles. The molecule has 3 rings (SSSR count). The van der Waals surface area contributed by atoms with E-state index in [1.807, 2.05) is 24.3 Å². The van der Waals surface area contributed by atoms with Crippen LogP contribution in [0.15, 0.2) is 43.0 Å². The fourth-order valence-corrected chi connectivity index (χ4v) is 3.53. The van der Waals surface area contributed by atoms with E-state index in [2.05, 4.69) is 24.1 Å². The number of amides is 1. The largest absolute Gasteiger partial charge is 0.385 e. The predicted octanol–water partition coefficient (Wildman–Crippen LogP) is 6.22. The molecule has 160 valence electrons. The van der Waals surface area contributed by atoms with Gasteiger partial charge in [0.2, 0.25) is 0 Å². The Morgan fingerprint density at radius 1 is 1.07 bits per heavy atom. The van der Waals surface area contributed by atoms with E-state index in [1.54, 1.807) is 13.0 Å². The third kappa shape index (κ3) is 5.94. The van der Waals surface area contributed by atoms with Gasteiger partial charge in [-0.05, 0) is 60.6 Å². The van der Waals surface area contributed by atoms with Crippen LogP contribution in [0.5, 0.6) is 0 Å². The minimum absolute atomic E-state index is 0.203. The van der Waals surface area contributed by atoms with Gasteiger partial charge in [-0.3, -0.25) is 4.79 Å². The molecule has 1 aliphatic carbocycles. The second-order valence-corrected chi connectivity index (χ2v) is 8.28. The average molecular weight is 409 g/mol. The van der Waals surface area contributed by atoms with Crippen molar-refractivity contribution in [2.24, 2.45) is 0 Å². The highest BCUT2D eigenvalue weighted by molar-refractivity contribution is 5.96. The van der Waals surface area contributed by atoms with Crippen molar-refractivity contribution in [3.05, 3.63) is 65.5 Å². The van der Waals surface area contributed by atoms with Crippen LogP contribution in [0, 0.1) is 12.7 Å². The van der Waals surface area contributed by atoms with Crippen molar-refractivity contribution in [2.75, 3.05) is 6.54 Å². The van der Waals surface area contributed by atoms with E-state index in [4.69, 9.17) is 0 Å².